The van der Waals surface area contributed by atoms with Gasteiger partial charge in [-0.1, -0.05) is 6.07 Å². The average molecular weight is 388 g/mol. The SMILES string of the molecule is O=C(Nc1cccc(N2CCOC2=O)c1)C1=CC=CN2CCS(=O)(=O)N=C12. The minimum absolute atomic E-state index is 0.0935. The number of hydrogen-bond donors (Lipinski definition) is 1. The zero-order valence-corrected chi connectivity index (χ0v) is 15.0. The molecule has 10 heteroatoms. The number of carbonyl (C=O) groups excluding carboxylic acids is 2. The van der Waals surface area contributed by atoms with Crippen LogP contribution in [-0.2, 0) is 19.6 Å². The van der Waals surface area contributed by atoms with Crippen LogP contribution >= 0.6 is 0 Å². The lowest BCUT2D eigenvalue weighted by atomic mass is 10.1. The molecule has 0 spiro atoms. The molecule has 9 nitrogen and oxygen atoms in total. The Balaban J connectivity index is 1.57. The van der Waals surface area contributed by atoms with Gasteiger partial charge >= 0.3 is 6.09 Å². The monoisotopic (exact) mass is 388 g/mol. The first-order valence-electron chi connectivity index (χ1n) is 8.27. The van der Waals surface area contributed by atoms with Crippen molar-refractivity contribution < 1.29 is 22.7 Å². The van der Waals surface area contributed by atoms with Gasteiger partial charge in [0, 0.05) is 24.1 Å². The number of allylic oxidation sites excluding steroid dienone is 2. The molecular formula is C17H16N4O5S. The van der Waals surface area contributed by atoms with E-state index in [2.05, 4.69) is 9.71 Å². The number of fused-ring (bicyclic) bond motifs is 1. The number of ether oxygens (including phenoxy) is 1. The smallest absolute Gasteiger partial charge is 0.414 e. The molecule has 3 aliphatic heterocycles. The van der Waals surface area contributed by atoms with Crippen molar-refractivity contribution in [3.8, 4) is 0 Å². The Morgan fingerprint density at radius 2 is 2.11 bits per heavy atom. The van der Waals surface area contributed by atoms with Crippen LogP contribution in [0.15, 0.2) is 52.6 Å². The van der Waals surface area contributed by atoms with Gasteiger partial charge < -0.3 is 15.0 Å². The molecule has 0 aromatic heterocycles. The zero-order chi connectivity index (χ0) is 19.0. The summed E-state index contributed by atoms with van der Waals surface area (Å²) in [5, 5.41) is 2.73. The van der Waals surface area contributed by atoms with E-state index in [0.29, 0.717) is 24.5 Å². The number of nitrogens with zero attached hydrogens (tertiary/aromatic N) is 3. The third-order valence-corrected chi connectivity index (χ3v) is 5.43. The number of cyclic esters (lactones) is 1. The van der Waals surface area contributed by atoms with Crippen LogP contribution in [0, 0.1) is 0 Å². The molecule has 0 bridgehead atoms. The summed E-state index contributed by atoms with van der Waals surface area (Å²) in [5.41, 5.74) is 1.23. The Kier molecular flexibility index (Phi) is 4.19. The van der Waals surface area contributed by atoms with E-state index >= 15 is 0 Å². The van der Waals surface area contributed by atoms with E-state index in [4.69, 9.17) is 4.74 Å². The fraction of sp³-hybridized carbons (Fsp3) is 0.235. The summed E-state index contributed by atoms with van der Waals surface area (Å²) in [7, 11) is -3.58. The van der Waals surface area contributed by atoms with Crippen molar-refractivity contribution in [2.75, 3.05) is 35.7 Å². The Bertz CT molecular complexity index is 1010. The first-order valence-corrected chi connectivity index (χ1v) is 9.88. The molecule has 1 fully saturated rings. The molecule has 0 radical (unpaired) electrons. The molecule has 4 rings (SSSR count). The number of amides is 2. The highest BCUT2D eigenvalue weighted by atomic mass is 32.2. The van der Waals surface area contributed by atoms with Crippen molar-refractivity contribution in [2.45, 2.75) is 0 Å². The Hall–Kier alpha value is -3.14. The molecular weight excluding hydrogens is 372 g/mol. The lowest BCUT2D eigenvalue weighted by Gasteiger charge is -2.28. The summed E-state index contributed by atoms with van der Waals surface area (Å²) < 4.78 is 32.3. The van der Waals surface area contributed by atoms with Crippen LogP contribution in [-0.4, -0.2) is 56.6 Å². The van der Waals surface area contributed by atoms with Gasteiger partial charge in [-0.05, 0) is 30.4 Å². The molecule has 1 N–H and O–H groups in total. The van der Waals surface area contributed by atoms with Crippen LogP contribution in [0.25, 0.3) is 0 Å². The van der Waals surface area contributed by atoms with Crippen LogP contribution < -0.4 is 10.2 Å². The normalized spacial score (nSPS) is 20.5. The number of benzene rings is 1. The molecule has 140 valence electrons. The van der Waals surface area contributed by atoms with Gasteiger partial charge in [-0.15, -0.1) is 4.40 Å². The van der Waals surface area contributed by atoms with E-state index in [0.717, 1.165) is 0 Å². The first-order chi connectivity index (χ1) is 12.9. The molecule has 0 atom stereocenters. The van der Waals surface area contributed by atoms with Crippen LogP contribution in [0.5, 0.6) is 0 Å². The second-order valence-corrected chi connectivity index (χ2v) is 7.84. The average Bonchev–Trinajstić information content (AvgIpc) is 3.06. The van der Waals surface area contributed by atoms with E-state index in [1.54, 1.807) is 41.4 Å². The highest BCUT2D eigenvalue weighted by Crippen LogP contribution is 2.24. The van der Waals surface area contributed by atoms with Crippen molar-refractivity contribution in [3.05, 3.63) is 48.2 Å². The van der Waals surface area contributed by atoms with E-state index in [1.165, 1.54) is 11.0 Å². The summed E-state index contributed by atoms with van der Waals surface area (Å²) in [4.78, 5) is 27.5. The quantitative estimate of drug-likeness (QED) is 0.830. The standard InChI is InChI=1S/C17H16N4O5S/c22-16(14-5-2-6-20-8-10-27(24,25)19-15(14)20)18-12-3-1-4-13(11-12)21-7-9-26-17(21)23/h1-6,11H,7-10H2,(H,18,22). The topological polar surface area (TPSA) is 108 Å². The molecule has 3 heterocycles. The van der Waals surface area contributed by atoms with Crippen molar-refractivity contribution in [3.63, 3.8) is 0 Å². The van der Waals surface area contributed by atoms with Gasteiger partial charge in [-0.3, -0.25) is 9.69 Å². The van der Waals surface area contributed by atoms with Crippen molar-refractivity contribution in [1.29, 1.82) is 0 Å². The molecule has 27 heavy (non-hydrogen) atoms. The zero-order valence-electron chi connectivity index (χ0n) is 14.2. The number of carbonyl (C=O) groups is 2. The van der Waals surface area contributed by atoms with Crippen LogP contribution in [0.4, 0.5) is 16.2 Å². The Morgan fingerprint density at radius 3 is 2.89 bits per heavy atom. The van der Waals surface area contributed by atoms with E-state index in [1.807, 2.05) is 0 Å². The fourth-order valence-corrected chi connectivity index (χ4v) is 3.96. The second-order valence-electron chi connectivity index (χ2n) is 6.09. The summed E-state index contributed by atoms with van der Waals surface area (Å²) in [6.45, 7) is 1.00. The van der Waals surface area contributed by atoms with Crippen molar-refractivity contribution in [1.82, 2.24) is 4.90 Å². The number of hydrogen-bond acceptors (Lipinski definition) is 6. The highest BCUT2D eigenvalue weighted by Gasteiger charge is 2.30. The molecule has 3 aliphatic rings. The lowest BCUT2D eigenvalue weighted by molar-refractivity contribution is -0.112. The van der Waals surface area contributed by atoms with Gasteiger partial charge in [0.15, 0.2) is 5.84 Å². The minimum Gasteiger partial charge on any atom is -0.447 e. The predicted octanol–water partition coefficient (Wildman–Crippen LogP) is 1.08. The van der Waals surface area contributed by atoms with Gasteiger partial charge in [0.05, 0.1) is 17.9 Å². The maximum absolute atomic E-state index is 12.7. The summed E-state index contributed by atoms with van der Waals surface area (Å²) in [6.07, 6.45) is 4.44. The number of sulfonamides is 1. The fourth-order valence-electron chi connectivity index (χ4n) is 2.97. The van der Waals surface area contributed by atoms with Crippen molar-refractivity contribution >= 4 is 39.2 Å². The summed E-state index contributed by atoms with van der Waals surface area (Å²) in [6, 6.07) is 6.78. The molecule has 1 aromatic rings. The lowest BCUT2D eigenvalue weighted by Crippen LogP contribution is -2.40. The number of nitrogens with one attached hydrogen (secondary N) is 1. The van der Waals surface area contributed by atoms with E-state index in [-0.39, 0.29) is 23.7 Å². The van der Waals surface area contributed by atoms with Crippen LogP contribution in [0.1, 0.15) is 0 Å². The van der Waals surface area contributed by atoms with Gasteiger partial charge in [0.25, 0.3) is 15.9 Å². The summed E-state index contributed by atoms with van der Waals surface area (Å²) >= 11 is 0. The van der Waals surface area contributed by atoms with Gasteiger partial charge in [0.2, 0.25) is 0 Å². The number of amidine groups is 1. The van der Waals surface area contributed by atoms with E-state index < -0.39 is 22.0 Å². The Labute approximate surface area is 155 Å². The van der Waals surface area contributed by atoms with E-state index in [9.17, 15) is 18.0 Å². The molecule has 0 unspecified atom stereocenters. The van der Waals surface area contributed by atoms with Gasteiger partial charge in [-0.25, -0.2) is 13.2 Å². The van der Waals surface area contributed by atoms with Crippen molar-refractivity contribution in [2.24, 2.45) is 4.40 Å². The summed E-state index contributed by atoms with van der Waals surface area (Å²) in [5.74, 6) is -0.467. The molecule has 2 amide bonds. The molecule has 1 saturated heterocycles. The van der Waals surface area contributed by atoms with Crippen LogP contribution in [0.3, 0.4) is 0 Å². The Morgan fingerprint density at radius 1 is 1.26 bits per heavy atom. The first kappa shape index (κ1) is 17.3. The third kappa shape index (κ3) is 3.43. The third-order valence-electron chi connectivity index (χ3n) is 4.28. The molecule has 0 saturated carbocycles. The van der Waals surface area contributed by atoms with Gasteiger partial charge in [-0.2, -0.15) is 0 Å². The van der Waals surface area contributed by atoms with Gasteiger partial charge in [0.1, 0.15) is 6.61 Å². The maximum Gasteiger partial charge on any atom is 0.414 e. The second kappa shape index (κ2) is 6.54. The number of rotatable bonds is 3. The maximum atomic E-state index is 12.7. The highest BCUT2D eigenvalue weighted by molar-refractivity contribution is 7.90. The molecule has 0 aliphatic carbocycles. The minimum atomic E-state index is -3.58. The predicted molar refractivity (Wildman–Crippen MR) is 98.9 cm³/mol. The number of anilines is 2. The molecule has 1 aromatic carbocycles. The van der Waals surface area contributed by atoms with Crippen LogP contribution in [0.2, 0.25) is 0 Å². The largest absolute Gasteiger partial charge is 0.447 e.